The molecule has 0 unspecified atom stereocenters. The predicted molar refractivity (Wildman–Crippen MR) is 123 cm³/mol. The highest BCUT2D eigenvalue weighted by Gasteiger charge is 2.29. The van der Waals surface area contributed by atoms with Crippen LogP contribution in [0.15, 0.2) is 72.8 Å². The Morgan fingerprint density at radius 2 is 1.65 bits per heavy atom. The number of hydrogen-bond donors (Lipinski definition) is 1. The maximum atomic E-state index is 12.8. The summed E-state index contributed by atoms with van der Waals surface area (Å²) in [5, 5.41) is 0. The first-order valence-corrected chi connectivity index (χ1v) is 10.3. The van der Waals surface area contributed by atoms with Crippen LogP contribution < -0.4 is 5.73 Å². The summed E-state index contributed by atoms with van der Waals surface area (Å²) in [7, 11) is 0. The third-order valence-electron chi connectivity index (χ3n) is 5.82. The van der Waals surface area contributed by atoms with Crippen LogP contribution in [-0.2, 0) is 10.2 Å². The predicted octanol–water partition coefficient (Wildman–Crippen LogP) is 5.69. The van der Waals surface area contributed by atoms with Crippen molar-refractivity contribution in [3.8, 4) is 0 Å². The van der Waals surface area contributed by atoms with Crippen molar-refractivity contribution in [3.63, 3.8) is 0 Å². The molecule has 0 aromatic heterocycles. The van der Waals surface area contributed by atoms with E-state index >= 15 is 0 Å². The van der Waals surface area contributed by atoms with Gasteiger partial charge in [0.2, 0.25) is 0 Å². The van der Waals surface area contributed by atoms with Crippen molar-refractivity contribution >= 4 is 23.2 Å². The van der Waals surface area contributed by atoms with Gasteiger partial charge < -0.3 is 10.5 Å². The van der Waals surface area contributed by atoms with Crippen molar-refractivity contribution in [1.82, 2.24) is 0 Å². The molecule has 1 aliphatic rings. The SMILES string of the molecule is Cc1ccc(C2=CCC(C)(C)c3ccc(C(=O)OC(=O)c4ccccc4N)cc32)cc1. The van der Waals surface area contributed by atoms with Gasteiger partial charge in [0.15, 0.2) is 0 Å². The van der Waals surface area contributed by atoms with Crippen LogP contribution in [0.1, 0.15) is 63.2 Å². The second kappa shape index (κ2) is 7.88. The van der Waals surface area contributed by atoms with E-state index in [0.717, 1.165) is 23.1 Å². The minimum atomic E-state index is -0.754. The Labute approximate surface area is 182 Å². The number of fused-ring (bicyclic) bond motifs is 1. The van der Waals surface area contributed by atoms with Crippen LogP contribution in [-0.4, -0.2) is 11.9 Å². The molecule has 156 valence electrons. The monoisotopic (exact) mass is 411 g/mol. The zero-order valence-electron chi connectivity index (χ0n) is 17.9. The third kappa shape index (κ3) is 4.02. The average molecular weight is 412 g/mol. The smallest absolute Gasteiger partial charge is 0.348 e. The molecule has 0 fully saturated rings. The lowest BCUT2D eigenvalue weighted by Gasteiger charge is -2.32. The van der Waals surface area contributed by atoms with E-state index in [-0.39, 0.29) is 16.7 Å². The fourth-order valence-electron chi connectivity index (χ4n) is 3.95. The first kappa shape index (κ1) is 20.6. The molecule has 0 heterocycles. The summed E-state index contributed by atoms with van der Waals surface area (Å²) >= 11 is 0. The highest BCUT2D eigenvalue weighted by atomic mass is 16.6. The number of anilines is 1. The van der Waals surface area contributed by atoms with E-state index in [4.69, 9.17) is 10.5 Å². The Morgan fingerprint density at radius 1 is 0.935 bits per heavy atom. The van der Waals surface area contributed by atoms with Gasteiger partial charge in [0.05, 0.1) is 11.1 Å². The number of allylic oxidation sites excluding steroid dienone is 1. The molecule has 0 saturated carbocycles. The van der Waals surface area contributed by atoms with Gasteiger partial charge in [0.1, 0.15) is 0 Å². The summed E-state index contributed by atoms with van der Waals surface area (Å²) in [6.07, 6.45) is 3.12. The van der Waals surface area contributed by atoms with Crippen molar-refractivity contribution in [1.29, 1.82) is 0 Å². The molecule has 4 nitrogen and oxygen atoms in total. The maximum absolute atomic E-state index is 12.8. The van der Waals surface area contributed by atoms with Gasteiger partial charge in [0, 0.05) is 5.69 Å². The molecule has 3 aromatic carbocycles. The zero-order valence-corrected chi connectivity index (χ0v) is 17.9. The number of nitrogens with two attached hydrogens (primary N) is 1. The Kier molecular flexibility index (Phi) is 5.24. The zero-order chi connectivity index (χ0) is 22.2. The summed E-state index contributed by atoms with van der Waals surface area (Å²) in [4.78, 5) is 25.2. The number of esters is 2. The molecule has 0 spiro atoms. The average Bonchev–Trinajstić information content (AvgIpc) is 2.74. The molecule has 0 saturated heterocycles. The van der Waals surface area contributed by atoms with Gasteiger partial charge in [-0.1, -0.05) is 68.0 Å². The van der Waals surface area contributed by atoms with Gasteiger partial charge in [-0.3, -0.25) is 0 Å². The molecule has 0 atom stereocenters. The number of nitrogen functional groups attached to an aromatic ring is 1. The molecule has 2 N–H and O–H groups in total. The summed E-state index contributed by atoms with van der Waals surface area (Å²) in [5.41, 5.74) is 12.1. The van der Waals surface area contributed by atoms with Crippen LogP contribution in [0.25, 0.3) is 5.57 Å². The van der Waals surface area contributed by atoms with Gasteiger partial charge in [-0.15, -0.1) is 0 Å². The number of benzene rings is 3. The molecule has 4 rings (SSSR count). The fraction of sp³-hybridized carbons (Fsp3) is 0.185. The van der Waals surface area contributed by atoms with Crippen LogP contribution in [0, 0.1) is 6.92 Å². The van der Waals surface area contributed by atoms with E-state index in [9.17, 15) is 9.59 Å². The molecule has 0 bridgehead atoms. The van der Waals surface area contributed by atoms with Gasteiger partial charge in [0.25, 0.3) is 0 Å². The molecular formula is C27H25NO3. The van der Waals surface area contributed by atoms with Crippen LogP contribution in [0.3, 0.4) is 0 Å². The Hall–Kier alpha value is -3.66. The first-order chi connectivity index (χ1) is 14.8. The lowest BCUT2D eigenvalue weighted by molar-refractivity contribution is 0.0398. The van der Waals surface area contributed by atoms with Gasteiger partial charge in [-0.25, -0.2) is 9.59 Å². The maximum Gasteiger partial charge on any atom is 0.348 e. The molecule has 31 heavy (non-hydrogen) atoms. The van der Waals surface area contributed by atoms with Gasteiger partial charge >= 0.3 is 11.9 Å². The van der Waals surface area contributed by atoms with Crippen LogP contribution in [0.5, 0.6) is 0 Å². The summed E-state index contributed by atoms with van der Waals surface area (Å²) in [5.74, 6) is -1.45. The van der Waals surface area contributed by atoms with E-state index < -0.39 is 11.9 Å². The van der Waals surface area contributed by atoms with E-state index in [1.807, 2.05) is 12.1 Å². The molecule has 0 radical (unpaired) electrons. The van der Waals surface area contributed by atoms with Crippen LogP contribution >= 0.6 is 0 Å². The number of hydrogen-bond acceptors (Lipinski definition) is 4. The summed E-state index contributed by atoms with van der Waals surface area (Å²) < 4.78 is 5.13. The van der Waals surface area contributed by atoms with Gasteiger partial charge in [-0.2, -0.15) is 0 Å². The van der Waals surface area contributed by atoms with E-state index in [1.165, 1.54) is 11.1 Å². The number of aryl methyl sites for hydroxylation is 1. The minimum Gasteiger partial charge on any atom is -0.398 e. The van der Waals surface area contributed by atoms with Crippen molar-refractivity contribution in [2.45, 2.75) is 32.6 Å². The fourth-order valence-corrected chi connectivity index (χ4v) is 3.95. The van der Waals surface area contributed by atoms with Crippen molar-refractivity contribution < 1.29 is 14.3 Å². The topological polar surface area (TPSA) is 69.4 Å². The van der Waals surface area contributed by atoms with Crippen LogP contribution in [0.2, 0.25) is 0 Å². The largest absolute Gasteiger partial charge is 0.398 e. The molecule has 0 aliphatic heterocycles. The lowest BCUT2D eigenvalue weighted by Crippen LogP contribution is -2.23. The number of ether oxygens (including phenoxy) is 1. The molecule has 1 aliphatic carbocycles. The lowest BCUT2D eigenvalue weighted by atomic mass is 9.72. The third-order valence-corrected chi connectivity index (χ3v) is 5.82. The molecular weight excluding hydrogens is 386 g/mol. The van der Waals surface area contributed by atoms with E-state index in [2.05, 4.69) is 51.1 Å². The second-order valence-electron chi connectivity index (χ2n) is 8.60. The Morgan fingerprint density at radius 3 is 2.35 bits per heavy atom. The van der Waals surface area contributed by atoms with Crippen molar-refractivity contribution in [2.24, 2.45) is 0 Å². The van der Waals surface area contributed by atoms with Gasteiger partial charge in [-0.05, 0) is 65.3 Å². The summed E-state index contributed by atoms with van der Waals surface area (Å²) in [6, 6.07) is 20.4. The Bertz CT molecular complexity index is 1200. The minimum absolute atomic E-state index is 0.0553. The second-order valence-corrected chi connectivity index (χ2v) is 8.60. The highest BCUT2D eigenvalue weighted by molar-refractivity contribution is 6.05. The number of carbonyl (C=O) groups is 2. The molecule has 0 amide bonds. The first-order valence-electron chi connectivity index (χ1n) is 10.3. The van der Waals surface area contributed by atoms with Crippen molar-refractivity contribution in [3.05, 3.63) is 106 Å². The standard InChI is InChI=1S/C27H25NO3/c1-17-8-10-18(11-9-17)20-14-15-27(2,3)23-13-12-19(16-22(20)23)25(29)31-26(30)21-6-4-5-7-24(21)28/h4-14,16H,15,28H2,1-3H3. The normalized spacial score (nSPS) is 14.4. The summed E-state index contributed by atoms with van der Waals surface area (Å²) in [6.45, 7) is 6.43. The Balaban J connectivity index is 1.69. The quantitative estimate of drug-likeness (QED) is 0.342. The van der Waals surface area contributed by atoms with E-state index in [1.54, 1.807) is 30.3 Å². The van der Waals surface area contributed by atoms with Crippen molar-refractivity contribution in [2.75, 3.05) is 5.73 Å². The molecule has 4 heteroatoms. The number of para-hydroxylation sites is 1. The highest BCUT2D eigenvalue weighted by Crippen LogP contribution is 2.41. The van der Waals surface area contributed by atoms with E-state index in [0.29, 0.717) is 5.56 Å². The molecule has 3 aromatic rings. The number of rotatable bonds is 3. The van der Waals surface area contributed by atoms with Crippen LogP contribution in [0.4, 0.5) is 5.69 Å². The number of carbonyl (C=O) groups excluding carboxylic acids is 2.